The lowest BCUT2D eigenvalue weighted by Crippen LogP contribution is -2.16. The summed E-state index contributed by atoms with van der Waals surface area (Å²) < 4.78 is 0. The van der Waals surface area contributed by atoms with Gasteiger partial charge in [-0.25, -0.2) is 4.98 Å². The number of nitrogens with one attached hydrogen (secondary N) is 2. The zero-order valence-electron chi connectivity index (χ0n) is 8.91. The molecule has 1 amide bonds. The maximum Gasteiger partial charge on any atom is 0.275 e. The van der Waals surface area contributed by atoms with Gasteiger partial charge in [-0.3, -0.25) is 9.59 Å². The van der Waals surface area contributed by atoms with Crippen LogP contribution in [0.3, 0.4) is 0 Å². The highest BCUT2D eigenvalue weighted by Gasteiger charge is 2.08. The first-order chi connectivity index (χ1) is 8.56. The van der Waals surface area contributed by atoms with Gasteiger partial charge in [-0.15, -0.1) is 0 Å². The van der Waals surface area contributed by atoms with E-state index >= 15 is 0 Å². The first kappa shape index (κ1) is 12.6. The van der Waals surface area contributed by atoms with Crippen LogP contribution < -0.4 is 10.9 Å². The van der Waals surface area contributed by atoms with Crippen molar-refractivity contribution >= 4 is 34.8 Å². The second-order valence-electron chi connectivity index (χ2n) is 3.38. The van der Waals surface area contributed by atoms with E-state index in [4.69, 9.17) is 23.2 Å². The highest BCUT2D eigenvalue weighted by molar-refractivity contribution is 6.42. The number of H-pyrrole nitrogens is 1. The molecular weight excluding hydrogens is 277 g/mol. The number of carbonyl (C=O) groups excluding carboxylic acids is 1. The topological polar surface area (TPSA) is 74.8 Å². The number of aromatic amines is 1. The molecule has 0 fully saturated rings. The Morgan fingerprint density at radius 1 is 1.28 bits per heavy atom. The molecule has 5 nitrogen and oxygen atoms in total. The van der Waals surface area contributed by atoms with E-state index in [-0.39, 0.29) is 11.3 Å². The average molecular weight is 284 g/mol. The minimum atomic E-state index is -0.454. The molecule has 92 valence electrons. The summed E-state index contributed by atoms with van der Waals surface area (Å²) in [4.78, 5) is 28.6. The zero-order valence-corrected chi connectivity index (χ0v) is 10.4. The van der Waals surface area contributed by atoms with E-state index in [1.165, 1.54) is 12.3 Å². The normalized spacial score (nSPS) is 10.1. The van der Waals surface area contributed by atoms with Crippen molar-refractivity contribution in [3.63, 3.8) is 0 Å². The predicted octanol–water partition coefficient (Wildman–Crippen LogP) is 2.33. The zero-order chi connectivity index (χ0) is 13.1. The number of nitrogens with zero attached hydrogens (tertiary/aromatic N) is 1. The number of anilines is 1. The molecule has 7 heteroatoms. The third kappa shape index (κ3) is 2.88. The van der Waals surface area contributed by atoms with Gasteiger partial charge < -0.3 is 10.3 Å². The van der Waals surface area contributed by atoms with Gasteiger partial charge in [0.15, 0.2) is 0 Å². The minimum absolute atomic E-state index is 0.0978. The predicted molar refractivity (Wildman–Crippen MR) is 69.3 cm³/mol. The van der Waals surface area contributed by atoms with E-state index in [1.54, 1.807) is 12.1 Å². The molecule has 0 unspecified atom stereocenters. The molecule has 18 heavy (non-hydrogen) atoms. The summed E-state index contributed by atoms with van der Waals surface area (Å²) in [5.74, 6) is -0.454. The van der Waals surface area contributed by atoms with Crippen molar-refractivity contribution < 1.29 is 4.79 Å². The first-order valence-corrected chi connectivity index (χ1v) is 5.63. The van der Waals surface area contributed by atoms with Crippen LogP contribution >= 0.6 is 23.2 Å². The van der Waals surface area contributed by atoms with Gasteiger partial charge >= 0.3 is 0 Å². The summed E-state index contributed by atoms with van der Waals surface area (Å²) >= 11 is 11.6. The van der Waals surface area contributed by atoms with Crippen LogP contribution in [-0.2, 0) is 0 Å². The smallest absolute Gasteiger partial charge is 0.275 e. The summed E-state index contributed by atoms with van der Waals surface area (Å²) in [5.41, 5.74) is 0.212. The molecule has 2 rings (SSSR count). The lowest BCUT2D eigenvalue weighted by molar-refractivity contribution is 0.102. The summed E-state index contributed by atoms with van der Waals surface area (Å²) in [6.45, 7) is 0. The summed E-state index contributed by atoms with van der Waals surface area (Å²) in [6.07, 6.45) is 2.26. The number of rotatable bonds is 2. The van der Waals surface area contributed by atoms with E-state index in [0.29, 0.717) is 15.7 Å². The number of hydrogen-bond acceptors (Lipinski definition) is 3. The molecule has 1 aromatic carbocycles. The Hall–Kier alpha value is -1.85. The molecular formula is C11H7Cl2N3O2. The van der Waals surface area contributed by atoms with Gasteiger partial charge in [-0.05, 0) is 18.2 Å². The van der Waals surface area contributed by atoms with Crippen LogP contribution in [0.5, 0.6) is 0 Å². The van der Waals surface area contributed by atoms with Crippen molar-refractivity contribution in [2.45, 2.75) is 0 Å². The summed E-state index contributed by atoms with van der Waals surface area (Å²) in [5, 5.41) is 3.32. The summed E-state index contributed by atoms with van der Waals surface area (Å²) in [6, 6.07) is 4.70. The van der Waals surface area contributed by atoms with E-state index in [2.05, 4.69) is 15.3 Å². The van der Waals surface area contributed by atoms with Gasteiger partial charge in [-0.2, -0.15) is 0 Å². The molecule has 0 saturated heterocycles. The monoisotopic (exact) mass is 283 g/mol. The van der Waals surface area contributed by atoms with Crippen molar-refractivity contribution in [1.29, 1.82) is 0 Å². The third-order valence-corrected chi connectivity index (χ3v) is 2.82. The fourth-order valence-corrected chi connectivity index (χ4v) is 1.53. The Kier molecular flexibility index (Phi) is 3.64. The Morgan fingerprint density at radius 3 is 2.67 bits per heavy atom. The molecule has 1 heterocycles. The number of amides is 1. The third-order valence-electron chi connectivity index (χ3n) is 2.08. The van der Waals surface area contributed by atoms with Crippen molar-refractivity contribution in [3.8, 4) is 0 Å². The molecule has 0 aliphatic heterocycles. The number of halogens is 2. The molecule has 0 aliphatic carbocycles. The maximum atomic E-state index is 11.7. The number of hydrogen-bond donors (Lipinski definition) is 2. The van der Waals surface area contributed by atoms with Gasteiger partial charge in [0.1, 0.15) is 5.69 Å². The van der Waals surface area contributed by atoms with E-state index in [0.717, 1.165) is 6.20 Å². The lowest BCUT2D eigenvalue weighted by atomic mass is 10.3. The van der Waals surface area contributed by atoms with Crippen LogP contribution in [-0.4, -0.2) is 15.9 Å². The maximum absolute atomic E-state index is 11.7. The van der Waals surface area contributed by atoms with Gasteiger partial charge in [0.2, 0.25) is 0 Å². The van der Waals surface area contributed by atoms with E-state index in [1.807, 2.05) is 0 Å². The quantitative estimate of drug-likeness (QED) is 0.888. The second-order valence-corrected chi connectivity index (χ2v) is 4.19. The molecule has 0 atom stereocenters. The Labute approximate surface area is 112 Å². The Bertz CT molecular complexity index is 634. The van der Waals surface area contributed by atoms with Crippen molar-refractivity contribution in [2.24, 2.45) is 0 Å². The largest absolute Gasteiger partial charge is 0.325 e. The molecule has 0 radical (unpaired) electrons. The van der Waals surface area contributed by atoms with E-state index in [9.17, 15) is 9.59 Å². The van der Waals surface area contributed by atoms with Crippen molar-refractivity contribution in [1.82, 2.24) is 9.97 Å². The van der Waals surface area contributed by atoms with Gasteiger partial charge in [0, 0.05) is 11.9 Å². The minimum Gasteiger partial charge on any atom is -0.325 e. The molecule has 2 N–H and O–H groups in total. The van der Waals surface area contributed by atoms with Gasteiger partial charge in [0.25, 0.3) is 11.5 Å². The standard InChI is InChI=1S/C11H7Cl2N3O2/c12-7-2-1-6(3-8(7)13)16-11(18)9-4-15-10(17)5-14-9/h1-5H,(H,15,17)(H,16,18). The highest BCUT2D eigenvalue weighted by Crippen LogP contribution is 2.25. The van der Waals surface area contributed by atoms with Crippen LogP contribution in [0.2, 0.25) is 10.0 Å². The Balaban J connectivity index is 2.18. The Morgan fingerprint density at radius 2 is 2.06 bits per heavy atom. The lowest BCUT2D eigenvalue weighted by Gasteiger charge is -2.05. The van der Waals surface area contributed by atoms with Crippen LogP contribution in [0.4, 0.5) is 5.69 Å². The highest BCUT2D eigenvalue weighted by atomic mass is 35.5. The molecule has 0 aliphatic rings. The van der Waals surface area contributed by atoms with Crippen LogP contribution in [0, 0.1) is 0 Å². The molecule has 1 aromatic heterocycles. The fraction of sp³-hybridized carbons (Fsp3) is 0. The fourth-order valence-electron chi connectivity index (χ4n) is 1.24. The van der Waals surface area contributed by atoms with E-state index < -0.39 is 5.91 Å². The summed E-state index contributed by atoms with van der Waals surface area (Å²) in [7, 11) is 0. The SMILES string of the molecule is O=C(Nc1ccc(Cl)c(Cl)c1)c1c[nH]c(=O)cn1. The first-order valence-electron chi connectivity index (χ1n) is 4.87. The van der Waals surface area contributed by atoms with Gasteiger partial charge in [0.05, 0.1) is 16.2 Å². The second kappa shape index (κ2) is 5.20. The molecule has 2 aromatic rings. The number of carbonyl (C=O) groups is 1. The van der Waals surface area contributed by atoms with Crippen LogP contribution in [0.25, 0.3) is 0 Å². The van der Waals surface area contributed by atoms with Gasteiger partial charge in [-0.1, -0.05) is 23.2 Å². The van der Waals surface area contributed by atoms with Crippen LogP contribution in [0.1, 0.15) is 10.5 Å². The van der Waals surface area contributed by atoms with Crippen molar-refractivity contribution in [3.05, 3.63) is 56.7 Å². The van der Waals surface area contributed by atoms with Crippen molar-refractivity contribution in [2.75, 3.05) is 5.32 Å². The average Bonchev–Trinajstić information content (AvgIpc) is 2.34. The number of aromatic nitrogens is 2. The van der Waals surface area contributed by atoms with Crippen LogP contribution in [0.15, 0.2) is 35.4 Å². The number of benzene rings is 1. The molecule has 0 saturated carbocycles. The molecule has 0 spiro atoms. The molecule has 0 bridgehead atoms.